The fraction of sp³-hybridized carbons (Fsp3) is 0.357. The van der Waals surface area contributed by atoms with E-state index in [4.69, 9.17) is 0 Å². The molecule has 1 heteroatoms. The molecule has 0 aromatic heterocycles. The fourth-order valence-electron chi connectivity index (χ4n) is 1.96. The topological polar surface area (TPSA) is 0 Å². The molecule has 15 heavy (non-hydrogen) atoms. The normalized spacial score (nSPS) is 13.5. The summed E-state index contributed by atoms with van der Waals surface area (Å²) in [4.78, 5) is 0. The van der Waals surface area contributed by atoms with Gasteiger partial charge in [-0.1, -0.05) is 50.6 Å². The van der Waals surface area contributed by atoms with Crippen LogP contribution in [0.25, 0.3) is 6.08 Å². The molecule has 0 saturated carbocycles. The Balaban J connectivity index is 0.00000112. The predicted octanol–water partition coefficient (Wildman–Crippen LogP) is 3.85. The Morgan fingerprint density at radius 1 is 1.20 bits per heavy atom. The van der Waals surface area contributed by atoms with Crippen LogP contribution in [0.4, 0.5) is 0 Å². The molecule has 1 radical (unpaired) electrons. The van der Waals surface area contributed by atoms with Crippen molar-refractivity contribution in [3.8, 4) is 0 Å². The fourth-order valence-corrected chi connectivity index (χ4v) is 1.96. The summed E-state index contributed by atoms with van der Waals surface area (Å²) in [5.41, 5.74) is 5.77. The molecule has 0 N–H and O–H groups in total. The molecule has 0 bridgehead atoms. The standard InChI is InChI=1S/C14H17.Zr/c1-4-11-6-5-7-12-8-13(10(2)3)9-14(11)12;/h5-10H,4H2,1-3H3;. The van der Waals surface area contributed by atoms with Crippen LogP contribution >= 0.6 is 0 Å². The number of hydrogen-bond donors (Lipinski definition) is 0. The minimum atomic E-state index is 0. The van der Waals surface area contributed by atoms with Crippen molar-refractivity contribution in [2.45, 2.75) is 27.2 Å². The van der Waals surface area contributed by atoms with Gasteiger partial charge < -0.3 is 0 Å². The van der Waals surface area contributed by atoms with Crippen LogP contribution in [-0.4, -0.2) is 0 Å². The van der Waals surface area contributed by atoms with Crippen LogP contribution in [-0.2, 0) is 32.6 Å². The predicted molar refractivity (Wildman–Crippen MR) is 62.0 cm³/mol. The summed E-state index contributed by atoms with van der Waals surface area (Å²) in [6, 6.07) is 6.60. The molecule has 1 aromatic carbocycles. The maximum Gasteiger partial charge on any atom is 0.0167 e. The summed E-state index contributed by atoms with van der Waals surface area (Å²) in [6.07, 6.45) is 5.79. The summed E-state index contributed by atoms with van der Waals surface area (Å²) in [5.74, 6) is 0.632. The smallest absolute Gasteiger partial charge is 0.0167 e. The van der Waals surface area contributed by atoms with Gasteiger partial charge in [-0.3, -0.25) is 0 Å². The monoisotopic (exact) mass is 275 g/mol. The Labute approximate surface area is 112 Å². The quantitative estimate of drug-likeness (QED) is 0.769. The van der Waals surface area contributed by atoms with Gasteiger partial charge in [0.15, 0.2) is 0 Å². The van der Waals surface area contributed by atoms with E-state index in [0.717, 1.165) is 6.42 Å². The molecule has 2 rings (SSSR count). The van der Waals surface area contributed by atoms with Crippen LogP contribution in [0.3, 0.4) is 0 Å². The second-order valence-electron chi connectivity index (χ2n) is 4.22. The Morgan fingerprint density at radius 3 is 2.53 bits per heavy atom. The van der Waals surface area contributed by atoms with Gasteiger partial charge in [0.1, 0.15) is 0 Å². The van der Waals surface area contributed by atoms with Crippen molar-refractivity contribution < 1.29 is 26.2 Å². The second kappa shape index (κ2) is 5.26. The van der Waals surface area contributed by atoms with Crippen molar-refractivity contribution in [1.29, 1.82) is 0 Å². The van der Waals surface area contributed by atoms with Crippen LogP contribution in [0.1, 0.15) is 37.5 Å². The van der Waals surface area contributed by atoms with Gasteiger partial charge in [0.05, 0.1) is 0 Å². The van der Waals surface area contributed by atoms with Gasteiger partial charge in [0.2, 0.25) is 0 Å². The van der Waals surface area contributed by atoms with Gasteiger partial charge in [0.25, 0.3) is 0 Å². The van der Waals surface area contributed by atoms with Crippen molar-refractivity contribution in [2.75, 3.05) is 0 Å². The number of aryl methyl sites for hydroxylation is 1. The zero-order valence-electron chi connectivity index (χ0n) is 9.67. The third-order valence-corrected chi connectivity index (χ3v) is 2.91. The van der Waals surface area contributed by atoms with Gasteiger partial charge in [0, 0.05) is 32.6 Å². The van der Waals surface area contributed by atoms with E-state index in [0.29, 0.717) is 5.92 Å². The van der Waals surface area contributed by atoms with E-state index < -0.39 is 0 Å². The molecular weight excluding hydrogens is 259 g/mol. The minimum Gasteiger partial charge on any atom is -0.0617 e. The summed E-state index contributed by atoms with van der Waals surface area (Å²) >= 11 is 0. The SMILES string of the molecule is CCc1cccc2c1C=C(C(C)C)[CH]2.[Zr]. The van der Waals surface area contributed by atoms with E-state index in [-0.39, 0.29) is 26.2 Å². The third kappa shape index (κ3) is 2.50. The first-order chi connectivity index (χ1) is 6.72. The van der Waals surface area contributed by atoms with E-state index >= 15 is 0 Å². The molecular formula is C14H17Zr. The van der Waals surface area contributed by atoms with Gasteiger partial charge in [-0.25, -0.2) is 0 Å². The van der Waals surface area contributed by atoms with Crippen molar-refractivity contribution in [1.82, 2.24) is 0 Å². The Kier molecular flexibility index (Phi) is 4.52. The first-order valence-electron chi connectivity index (χ1n) is 5.40. The van der Waals surface area contributed by atoms with E-state index in [1.54, 1.807) is 0 Å². The first kappa shape index (κ1) is 12.9. The maximum absolute atomic E-state index is 2.35. The molecule has 1 aliphatic carbocycles. The average molecular weight is 277 g/mol. The third-order valence-electron chi connectivity index (χ3n) is 2.91. The zero-order valence-corrected chi connectivity index (χ0v) is 12.1. The number of fused-ring (bicyclic) bond motifs is 1. The van der Waals surface area contributed by atoms with E-state index in [9.17, 15) is 0 Å². The molecule has 0 spiro atoms. The number of hydrogen-bond acceptors (Lipinski definition) is 0. The summed E-state index contributed by atoms with van der Waals surface area (Å²) < 4.78 is 0. The molecule has 0 fully saturated rings. The number of benzene rings is 1. The second-order valence-corrected chi connectivity index (χ2v) is 4.22. The van der Waals surface area contributed by atoms with E-state index in [1.807, 2.05) is 0 Å². The van der Waals surface area contributed by atoms with Crippen LogP contribution < -0.4 is 0 Å². The zero-order chi connectivity index (χ0) is 10.1. The van der Waals surface area contributed by atoms with Crippen molar-refractivity contribution in [2.24, 2.45) is 5.92 Å². The molecule has 0 nitrogen and oxygen atoms in total. The van der Waals surface area contributed by atoms with Crippen LogP contribution in [0.15, 0.2) is 23.8 Å². The van der Waals surface area contributed by atoms with Crippen molar-refractivity contribution >= 4 is 6.08 Å². The first-order valence-corrected chi connectivity index (χ1v) is 5.40. The molecule has 0 aliphatic heterocycles. The van der Waals surface area contributed by atoms with Crippen molar-refractivity contribution in [3.05, 3.63) is 46.9 Å². The summed E-state index contributed by atoms with van der Waals surface area (Å²) in [7, 11) is 0. The molecule has 0 saturated heterocycles. The molecule has 0 atom stereocenters. The molecule has 0 heterocycles. The van der Waals surface area contributed by atoms with Gasteiger partial charge in [-0.05, 0) is 29.0 Å². The van der Waals surface area contributed by atoms with Gasteiger partial charge in [-0.15, -0.1) is 0 Å². The molecule has 0 unspecified atom stereocenters. The number of rotatable bonds is 2. The molecule has 0 amide bonds. The maximum atomic E-state index is 2.35. The van der Waals surface area contributed by atoms with Crippen molar-refractivity contribution in [3.63, 3.8) is 0 Å². The summed E-state index contributed by atoms with van der Waals surface area (Å²) in [5, 5.41) is 0. The van der Waals surface area contributed by atoms with Gasteiger partial charge >= 0.3 is 0 Å². The van der Waals surface area contributed by atoms with Gasteiger partial charge in [-0.2, -0.15) is 0 Å². The van der Waals surface area contributed by atoms with E-state index in [2.05, 4.69) is 51.5 Å². The van der Waals surface area contributed by atoms with Crippen LogP contribution in [0.2, 0.25) is 0 Å². The molecule has 77 valence electrons. The Hall–Kier alpha value is -0.157. The van der Waals surface area contributed by atoms with Crippen LogP contribution in [0, 0.1) is 12.3 Å². The Morgan fingerprint density at radius 2 is 1.93 bits per heavy atom. The average Bonchev–Trinajstić information content (AvgIpc) is 2.60. The Bertz CT molecular complexity index is 375. The molecule has 1 aromatic rings. The molecule has 1 aliphatic rings. The van der Waals surface area contributed by atoms with Crippen LogP contribution in [0.5, 0.6) is 0 Å². The summed E-state index contributed by atoms with van der Waals surface area (Å²) in [6.45, 7) is 6.72. The van der Waals surface area contributed by atoms with E-state index in [1.165, 1.54) is 22.3 Å². The largest absolute Gasteiger partial charge is 0.0617 e. The minimum absolute atomic E-state index is 0. The number of allylic oxidation sites excluding steroid dienone is 1.